The average Bonchev–Trinajstić information content (AvgIpc) is 3.33. The number of pyridine rings is 1. The number of ether oxygens (including phenoxy) is 1. The van der Waals surface area contributed by atoms with Crippen LogP contribution in [0.15, 0.2) is 48.9 Å². The lowest BCUT2D eigenvalue weighted by Crippen LogP contribution is -2.55. The molecule has 1 aromatic carbocycles. The molecule has 3 aliphatic rings. The number of carbonyl (C=O) groups excluding carboxylic acids is 1. The summed E-state index contributed by atoms with van der Waals surface area (Å²) in [5.74, 6) is 0.842. The highest BCUT2D eigenvalue weighted by atomic mass is 19.1. The van der Waals surface area contributed by atoms with E-state index < -0.39 is 0 Å². The van der Waals surface area contributed by atoms with Gasteiger partial charge in [0.15, 0.2) is 0 Å². The van der Waals surface area contributed by atoms with Crippen molar-refractivity contribution in [3.05, 3.63) is 65.9 Å². The molecule has 0 N–H and O–H groups in total. The van der Waals surface area contributed by atoms with Crippen molar-refractivity contribution in [2.24, 2.45) is 11.8 Å². The Kier molecular flexibility index (Phi) is 5.13. The van der Waals surface area contributed by atoms with Gasteiger partial charge in [-0.3, -0.25) is 4.79 Å². The van der Waals surface area contributed by atoms with Crippen LogP contribution in [-0.2, 0) is 0 Å². The molecule has 2 saturated heterocycles. The van der Waals surface area contributed by atoms with Crippen LogP contribution in [0.1, 0.15) is 35.2 Å². The van der Waals surface area contributed by atoms with Gasteiger partial charge in [0.05, 0.1) is 36.4 Å². The predicted molar refractivity (Wildman–Crippen MR) is 111 cm³/mol. The van der Waals surface area contributed by atoms with Crippen LogP contribution in [0.3, 0.4) is 0 Å². The van der Waals surface area contributed by atoms with Gasteiger partial charge in [-0.25, -0.2) is 9.37 Å². The maximum Gasteiger partial charge on any atom is 0.256 e. The fraction of sp³-hybridized carbons (Fsp3) is 0.391. The standard InChI is InChI=1S/C23H24FN5O2/c1-15-3-2-4-20(29-26-9-10-27-29)22(15)23(30)28-13-16-5-7-19(28)11-17(16)14-31-21-8-6-18(24)12-25-21/h2-4,6,8-10,12,16-17,19H,5,7,11,13-14H2,1H3. The third-order valence-electron chi connectivity index (χ3n) is 6.49. The zero-order valence-corrected chi connectivity index (χ0v) is 17.3. The number of aryl methyl sites for hydroxylation is 1. The van der Waals surface area contributed by atoms with Crippen molar-refractivity contribution in [3.8, 4) is 11.6 Å². The Morgan fingerprint density at radius 1 is 1.19 bits per heavy atom. The number of nitrogens with zero attached hydrogens (tertiary/aromatic N) is 5. The van der Waals surface area contributed by atoms with Gasteiger partial charge in [0, 0.05) is 18.7 Å². The number of fused-ring (bicyclic) bond motifs is 3. The monoisotopic (exact) mass is 421 g/mol. The molecule has 0 radical (unpaired) electrons. The number of amides is 1. The molecule has 2 aromatic heterocycles. The molecule has 31 heavy (non-hydrogen) atoms. The molecule has 160 valence electrons. The Hall–Kier alpha value is -3.29. The Morgan fingerprint density at radius 2 is 2.03 bits per heavy atom. The maximum atomic E-state index is 13.6. The maximum absolute atomic E-state index is 13.6. The number of carbonyl (C=O) groups is 1. The van der Waals surface area contributed by atoms with Crippen LogP contribution in [0.5, 0.6) is 5.88 Å². The molecular formula is C23H24FN5O2. The molecule has 1 amide bonds. The van der Waals surface area contributed by atoms with Gasteiger partial charge in [0.1, 0.15) is 5.82 Å². The van der Waals surface area contributed by atoms with Gasteiger partial charge in [0.2, 0.25) is 5.88 Å². The van der Waals surface area contributed by atoms with E-state index in [-0.39, 0.29) is 17.8 Å². The molecule has 4 heterocycles. The van der Waals surface area contributed by atoms with Crippen LogP contribution in [0.4, 0.5) is 4.39 Å². The number of halogens is 1. The summed E-state index contributed by atoms with van der Waals surface area (Å²) in [5.41, 5.74) is 2.29. The summed E-state index contributed by atoms with van der Waals surface area (Å²) >= 11 is 0. The van der Waals surface area contributed by atoms with E-state index in [1.165, 1.54) is 10.9 Å². The summed E-state index contributed by atoms with van der Waals surface area (Å²) in [7, 11) is 0. The second-order valence-corrected chi connectivity index (χ2v) is 8.36. The highest BCUT2D eigenvalue weighted by molar-refractivity contribution is 5.99. The van der Waals surface area contributed by atoms with Crippen LogP contribution in [0.2, 0.25) is 0 Å². The van der Waals surface area contributed by atoms with E-state index >= 15 is 0 Å². The quantitative estimate of drug-likeness (QED) is 0.631. The van der Waals surface area contributed by atoms with Crippen LogP contribution >= 0.6 is 0 Å². The minimum absolute atomic E-state index is 0.0414. The smallest absolute Gasteiger partial charge is 0.256 e. The Morgan fingerprint density at radius 3 is 2.74 bits per heavy atom. The van der Waals surface area contributed by atoms with Crippen molar-refractivity contribution in [2.75, 3.05) is 13.2 Å². The molecule has 6 rings (SSSR count). The fourth-order valence-corrected chi connectivity index (χ4v) is 4.90. The minimum atomic E-state index is -0.376. The minimum Gasteiger partial charge on any atom is -0.477 e. The van der Waals surface area contributed by atoms with E-state index in [1.54, 1.807) is 18.5 Å². The first-order valence-electron chi connectivity index (χ1n) is 10.6. The van der Waals surface area contributed by atoms with Gasteiger partial charge >= 0.3 is 0 Å². The predicted octanol–water partition coefficient (Wildman–Crippen LogP) is 3.43. The van der Waals surface area contributed by atoms with Crippen LogP contribution in [0, 0.1) is 24.6 Å². The lowest BCUT2D eigenvalue weighted by atomic mass is 9.72. The Bertz CT molecular complexity index is 1070. The lowest BCUT2D eigenvalue weighted by Gasteiger charge is -2.49. The first kappa shape index (κ1) is 19.7. The van der Waals surface area contributed by atoms with E-state index in [0.29, 0.717) is 42.1 Å². The van der Waals surface area contributed by atoms with Gasteiger partial charge in [0.25, 0.3) is 5.91 Å². The van der Waals surface area contributed by atoms with Crippen molar-refractivity contribution < 1.29 is 13.9 Å². The summed E-state index contributed by atoms with van der Waals surface area (Å²) < 4.78 is 18.9. The highest BCUT2D eigenvalue weighted by Gasteiger charge is 2.43. The number of hydrogen-bond acceptors (Lipinski definition) is 5. The first-order valence-corrected chi connectivity index (χ1v) is 10.6. The van der Waals surface area contributed by atoms with Crippen LogP contribution in [0.25, 0.3) is 5.69 Å². The molecule has 1 aliphatic carbocycles. The third-order valence-corrected chi connectivity index (χ3v) is 6.49. The normalized spacial score (nSPS) is 22.5. The van der Waals surface area contributed by atoms with E-state index in [9.17, 15) is 9.18 Å². The SMILES string of the molecule is Cc1cccc(-n2nccn2)c1C(=O)N1CC2CCC1CC2COc1ccc(F)cn1. The molecule has 1 saturated carbocycles. The van der Waals surface area contributed by atoms with Gasteiger partial charge in [-0.1, -0.05) is 12.1 Å². The van der Waals surface area contributed by atoms with Crippen molar-refractivity contribution >= 4 is 5.91 Å². The molecule has 2 bridgehead atoms. The highest BCUT2D eigenvalue weighted by Crippen LogP contribution is 2.40. The Labute approximate surface area is 179 Å². The van der Waals surface area contributed by atoms with Gasteiger partial charge < -0.3 is 9.64 Å². The molecule has 0 spiro atoms. The van der Waals surface area contributed by atoms with Crippen molar-refractivity contribution in [1.29, 1.82) is 0 Å². The third kappa shape index (κ3) is 3.78. The van der Waals surface area contributed by atoms with Crippen molar-refractivity contribution in [1.82, 2.24) is 24.9 Å². The number of piperidine rings is 2. The molecule has 3 unspecified atom stereocenters. The molecule has 3 fully saturated rings. The van der Waals surface area contributed by atoms with Crippen LogP contribution < -0.4 is 4.74 Å². The summed E-state index contributed by atoms with van der Waals surface area (Å²) in [6.07, 6.45) is 7.37. The summed E-state index contributed by atoms with van der Waals surface area (Å²) in [5, 5.41) is 8.45. The van der Waals surface area contributed by atoms with Gasteiger partial charge in [-0.15, -0.1) is 0 Å². The first-order chi connectivity index (χ1) is 15.1. The largest absolute Gasteiger partial charge is 0.477 e. The molecule has 3 atom stereocenters. The van der Waals surface area contributed by atoms with Crippen molar-refractivity contribution in [3.63, 3.8) is 0 Å². The average molecular weight is 421 g/mol. The summed E-state index contributed by atoms with van der Waals surface area (Å²) in [4.78, 5) is 21.1. The van der Waals surface area contributed by atoms with E-state index in [1.807, 2.05) is 30.0 Å². The molecule has 8 heteroatoms. The molecule has 7 nitrogen and oxygen atoms in total. The molecule has 3 aromatic rings. The summed E-state index contributed by atoms with van der Waals surface area (Å²) in [6, 6.07) is 8.85. The zero-order chi connectivity index (χ0) is 21.4. The lowest BCUT2D eigenvalue weighted by molar-refractivity contribution is -0.00479. The molecular weight excluding hydrogens is 397 g/mol. The summed E-state index contributed by atoms with van der Waals surface area (Å²) in [6.45, 7) is 3.21. The van der Waals surface area contributed by atoms with E-state index in [0.717, 1.165) is 31.0 Å². The number of benzene rings is 1. The second kappa shape index (κ2) is 8.09. The second-order valence-electron chi connectivity index (χ2n) is 8.36. The van der Waals surface area contributed by atoms with E-state index in [4.69, 9.17) is 4.74 Å². The zero-order valence-electron chi connectivity index (χ0n) is 17.3. The Balaban J connectivity index is 1.32. The topological polar surface area (TPSA) is 73.1 Å². The van der Waals surface area contributed by atoms with Crippen LogP contribution in [-0.4, -0.2) is 50.0 Å². The number of rotatable bonds is 5. The molecule has 2 aliphatic heterocycles. The van der Waals surface area contributed by atoms with Crippen molar-refractivity contribution in [2.45, 2.75) is 32.2 Å². The number of aromatic nitrogens is 4. The van der Waals surface area contributed by atoms with Gasteiger partial charge in [-0.05, 0) is 55.7 Å². The number of hydrogen-bond donors (Lipinski definition) is 0. The van der Waals surface area contributed by atoms with E-state index in [2.05, 4.69) is 15.2 Å². The fourth-order valence-electron chi connectivity index (χ4n) is 4.90. The van der Waals surface area contributed by atoms with Gasteiger partial charge in [-0.2, -0.15) is 15.0 Å².